The third kappa shape index (κ3) is 4.35. The second kappa shape index (κ2) is 8.87. The summed E-state index contributed by atoms with van der Waals surface area (Å²) in [5.41, 5.74) is 3.79. The van der Waals surface area contributed by atoms with Gasteiger partial charge < -0.3 is 5.32 Å². The summed E-state index contributed by atoms with van der Waals surface area (Å²) < 4.78 is 29.4. The first kappa shape index (κ1) is 22.6. The number of halogens is 2. The summed E-state index contributed by atoms with van der Waals surface area (Å²) in [6.45, 7) is 6.28. The minimum absolute atomic E-state index is 0.264. The molecule has 4 aromatic heterocycles. The molecular formula is C24H23F2N9. The molecule has 1 saturated carbocycles. The van der Waals surface area contributed by atoms with Crippen molar-refractivity contribution in [3.8, 4) is 23.1 Å². The number of hydrogen-bond acceptors (Lipinski definition) is 7. The lowest BCUT2D eigenvalue weighted by atomic mass is 10.1. The molecule has 1 fully saturated rings. The maximum atomic E-state index is 12.9. The molecule has 5 rings (SSSR count). The highest BCUT2D eigenvalue weighted by Gasteiger charge is 2.26. The van der Waals surface area contributed by atoms with Crippen molar-refractivity contribution < 1.29 is 8.78 Å². The van der Waals surface area contributed by atoms with Crippen LogP contribution >= 0.6 is 0 Å². The van der Waals surface area contributed by atoms with Crippen LogP contribution in [0.2, 0.25) is 0 Å². The average molecular weight is 476 g/mol. The summed E-state index contributed by atoms with van der Waals surface area (Å²) in [5, 5.41) is 22.0. The maximum Gasteiger partial charge on any atom is 0.280 e. The van der Waals surface area contributed by atoms with Crippen LogP contribution in [0.5, 0.6) is 0 Å². The van der Waals surface area contributed by atoms with Gasteiger partial charge in [-0.15, -0.1) is 0 Å². The van der Waals surface area contributed by atoms with E-state index in [-0.39, 0.29) is 5.69 Å². The molecular weight excluding hydrogens is 452 g/mol. The van der Waals surface area contributed by atoms with Gasteiger partial charge in [0.05, 0.1) is 22.6 Å². The summed E-state index contributed by atoms with van der Waals surface area (Å²) in [6, 6.07) is 6.88. The molecule has 11 heteroatoms. The Morgan fingerprint density at radius 2 is 1.94 bits per heavy atom. The smallest absolute Gasteiger partial charge is 0.280 e. The van der Waals surface area contributed by atoms with E-state index in [2.05, 4.69) is 31.4 Å². The van der Waals surface area contributed by atoms with Crippen molar-refractivity contribution >= 4 is 11.6 Å². The quantitative estimate of drug-likeness (QED) is 0.408. The van der Waals surface area contributed by atoms with Crippen LogP contribution in [0.4, 0.5) is 20.4 Å². The fourth-order valence-corrected chi connectivity index (χ4v) is 4.02. The molecule has 0 amide bonds. The fraction of sp³-hybridized carbons (Fsp3) is 0.333. The van der Waals surface area contributed by atoms with Crippen LogP contribution in [-0.2, 0) is 6.54 Å². The molecule has 4 heterocycles. The Hall–Kier alpha value is -4.20. The molecule has 1 aliphatic carbocycles. The molecule has 178 valence electrons. The lowest BCUT2D eigenvalue weighted by Crippen LogP contribution is -2.09. The summed E-state index contributed by atoms with van der Waals surface area (Å²) >= 11 is 0. The predicted octanol–water partition coefficient (Wildman–Crippen LogP) is 4.81. The van der Waals surface area contributed by atoms with Gasteiger partial charge in [-0.25, -0.2) is 28.1 Å². The molecule has 1 N–H and O–H groups in total. The van der Waals surface area contributed by atoms with Crippen molar-refractivity contribution in [1.82, 2.24) is 34.5 Å². The van der Waals surface area contributed by atoms with Crippen LogP contribution < -0.4 is 5.32 Å². The molecule has 0 aliphatic heterocycles. The van der Waals surface area contributed by atoms with E-state index >= 15 is 0 Å². The van der Waals surface area contributed by atoms with Gasteiger partial charge in [-0.2, -0.15) is 15.5 Å². The minimum Gasteiger partial charge on any atom is -0.325 e. The highest BCUT2D eigenvalue weighted by molar-refractivity contribution is 5.71. The predicted molar refractivity (Wildman–Crippen MR) is 125 cm³/mol. The van der Waals surface area contributed by atoms with E-state index in [9.17, 15) is 14.0 Å². The lowest BCUT2D eigenvalue weighted by Gasteiger charge is -2.11. The molecule has 0 atom stereocenters. The number of alkyl halides is 2. The first-order chi connectivity index (χ1) is 16.9. The van der Waals surface area contributed by atoms with Crippen molar-refractivity contribution in [2.24, 2.45) is 5.92 Å². The zero-order valence-corrected chi connectivity index (χ0v) is 19.5. The highest BCUT2D eigenvalue weighted by atomic mass is 19.3. The summed E-state index contributed by atoms with van der Waals surface area (Å²) in [5.74, 6) is 2.39. The van der Waals surface area contributed by atoms with Crippen molar-refractivity contribution in [3.05, 3.63) is 58.9 Å². The van der Waals surface area contributed by atoms with E-state index in [0.717, 1.165) is 30.8 Å². The van der Waals surface area contributed by atoms with E-state index in [4.69, 9.17) is 5.10 Å². The van der Waals surface area contributed by atoms with Crippen LogP contribution in [0.3, 0.4) is 0 Å². The number of nitrogens with zero attached hydrogens (tertiary/aromatic N) is 8. The minimum atomic E-state index is -2.62. The van der Waals surface area contributed by atoms with Gasteiger partial charge in [0, 0.05) is 29.9 Å². The Morgan fingerprint density at radius 1 is 1.14 bits per heavy atom. The fourth-order valence-electron chi connectivity index (χ4n) is 4.02. The molecule has 0 aromatic carbocycles. The van der Waals surface area contributed by atoms with Gasteiger partial charge >= 0.3 is 0 Å². The van der Waals surface area contributed by atoms with E-state index < -0.39 is 6.43 Å². The number of rotatable bonds is 7. The Morgan fingerprint density at radius 3 is 2.57 bits per heavy atom. The number of aryl methyl sites for hydroxylation is 1. The van der Waals surface area contributed by atoms with Gasteiger partial charge in [0.15, 0.2) is 5.82 Å². The number of nitriles is 1. The summed E-state index contributed by atoms with van der Waals surface area (Å²) in [7, 11) is 0. The zero-order chi connectivity index (χ0) is 24.7. The van der Waals surface area contributed by atoms with Gasteiger partial charge in [-0.1, -0.05) is 0 Å². The molecule has 9 nitrogen and oxygen atoms in total. The second-order valence-corrected chi connectivity index (χ2v) is 8.68. The number of hydrogen-bond donors (Lipinski definition) is 1. The van der Waals surface area contributed by atoms with Gasteiger partial charge in [0.2, 0.25) is 0 Å². The first-order valence-electron chi connectivity index (χ1n) is 11.2. The largest absolute Gasteiger partial charge is 0.325 e. The van der Waals surface area contributed by atoms with E-state index in [1.54, 1.807) is 23.7 Å². The number of anilines is 2. The molecule has 35 heavy (non-hydrogen) atoms. The zero-order valence-electron chi connectivity index (χ0n) is 19.5. The second-order valence-electron chi connectivity index (χ2n) is 8.68. The van der Waals surface area contributed by atoms with Crippen LogP contribution in [0.1, 0.15) is 47.5 Å². The Kier molecular flexibility index (Phi) is 5.72. The lowest BCUT2D eigenvalue weighted by molar-refractivity contribution is 0.146. The number of aromatic nitrogens is 7. The molecule has 4 aromatic rings. The Bertz CT molecular complexity index is 1430. The van der Waals surface area contributed by atoms with Crippen LogP contribution in [-0.4, -0.2) is 34.5 Å². The van der Waals surface area contributed by atoms with Crippen LogP contribution in [0.25, 0.3) is 17.1 Å². The third-order valence-corrected chi connectivity index (χ3v) is 6.12. The van der Waals surface area contributed by atoms with Gasteiger partial charge in [-0.3, -0.25) is 4.98 Å². The van der Waals surface area contributed by atoms with Crippen molar-refractivity contribution in [1.29, 1.82) is 5.26 Å². The number of pyridine rings is 1. The average Bonchev–Trinajstić information content (AvgIpc) is 3.56. The molecule has 1 aliphatic rings. The van der Waals surface area contributed by atoms with Gasteiger partial charge in [-0.05, 0) is 51.7 Å². The molecule has 0 bridgehead atoms. The maximum absolute atomic E-state index is 12.9. The topological polar surface area (TPSA) is 110 Å². The molecule has 0 spiro atoms. The summed E-state index contributed by atoms with van der Waals surface area (Å²) in [6.07, 6.45) is 2.55. The Labute approximate surface area is 200 Å². The van der Waals surface area contributed by atoms with Crippen LogP contribution in [0, 0.1) is 38.0 Å². The number of nitrogens with one attached hydrogen (secondary N) is 1. The molecule has 0 radical (unpaired) electrons. The SMILES string of the molecule is Cc1nn(-c2cc(Nc3c(C)c(-c4ccc(C(F)F)nc4)nn3CC3CC3)ncn2)c(C)c1C#N. The molecule has 0 saturated heterocycles. The van der Waals surface area contributed by atoms with E-state index in [1.165, 1.54) is 18.6 Å². The van der Waals surface area contributed by atoms with Crippen LogP contribution in [0.15, 0.2) is 30.7 Å². The van der Waals surface area contributed by atoms with Crippen molar-refractivity contribution in [2.45, 2.75) is 46.6 Å². The van der Waals surface area contributed by atoms with Crippen molar-refractivity contribution in [3.63, 3.8) is 0 Å². The van der Waals surface area contributed by atoms with Gasteiger partial charge in [0.25, 0.3) is 6.43 Å². The standard InChI is InChI=1S/C24H23F2N9/c1-13-22(17-6-7-19(23(25)26)28-10-17)33-34(11-16-4-5-16)24(13)31-20-8-21(30-12-29-20)35-15(3)18(9-27)14(2)32-35/h6-8,10,12,16,23H,4-5,11H2,1-3H3,(H,29,30,31). The van der Waals surface area contributed by atoms with E-state index in [1.807, 2.05) is 18.5 Å². The summed E-state index contributed by atoms with van der Waals surface area (Å²) in [4.78, 5) is 12.6. The first-order valence-corrected chi connectivity index (χ1v) is 11.2. The highest BCUT2D eigenvalue weighted by Crippen LogP contribution is 2.35. The van der Waals surface area contributed by atoms with Gasteiger partial charge in [0.1, 0.15) is 29.7 Å². The molecule has 0 unspecified atom stereocenters. The normalized spacial score (nSPS) is 13.3. The third-order valence-electron chi connectivity index (χ3n) is 6.12. The Balaban J connectivity index is 1.50. The monoisotopic (exact) mass is 475 g/mol. The van der Waals surface area contributed by atoms with E-state index in [0.29, 0.717) is 45.8 Å². The van der Waals surface area contributed by atoms with Crippen molar-refractivity contribution in [2.75, 3.05) is 5.32 Å².